The smallest absolute Gasteiger partial charge is 0.559 e. The second-order valence-corrected chi connectivity index (χ2v) is 11.7. The van der Waals surface area contributed by atoms with Crippen LogP contribution >= 0.6 is 0 Å². The van der Waals surface area contributed by atoms with Gasteiger partial charge in [-0.15, -0.1) is 0 Å². The lowest BCUT2D eigenvalue weighted by atomic mass is 10.00. The molecule has 1 saturated heterocycles. The maximum Gasteiger partial charge on any atom is 0.559 e. The van der Waals surface area contributed by atoms with Crippen LogP contribution in [0.2, 0.25) is 0 Å². The van der Waals surface area contributed by atoms with Crippen LogP contribution in [0, 0.1) is 0 Å². The van der Waals surface area contributed by atoms with E-state index in [9.17, 15) is 0 Å². The zero-order valence-electron chi connectivity index (χ0n) is 23.6. The van der Waals surface area contributed by atoms with Gasteiger partial charge in [0.1, 0.15) is 0 Å². The van der Waals surface area contributed by atoms with Gasteiger partial charge in [0.25, 0.3) is 0 Å². The Morgan fingerprint density at radius 3 is 1.45 bits per heavy atom. The Bertz CT molecular complexity index is 806. The van der Waals surface area contributed by atoms with Crippen molar-refractivity contribution >= 4 is 15.1 Å². The summed E-state index contributed by atoms with van der Waals surface area (Å²) in [7, 11) is 0. The Labute approximate surface area is 236 Å². The number of unbranched alkanes of at least 4 members (excludes halogenated alkanes) is 8. The van der Waals surface area contributed by atoms with Crippen LogP contribution in [0.3, 0.4) is 0 Å². The van der Waals surface area contributed by atoms with Gasteiger partial charge in [0.2, 0.25) is 0 Å². The fourth-order valence-electron chi connectivity index (χ4n) is 4.90. The first kappa shape index (κ1) is 31.3. The predicted molar refractivity (Wildman–Crippen MR) is 155 cm³/mol. The van der Waals surface area contributed by atoms with E-state index >= 15 is 0 Å². The molecular weight excluding hydrogens is 491 g/mol. The molecule has 0 aromatic heterocycles. The van der Waals surface area contributed by atoms with Crippen LogP contribution in [-0.2, 0) is 34.1 Å². The molecule has 1 fully saturated rings. The maximum atomic E-state index is 6.23. The number of ether oxygens (including phenoxy) is 2. The fourth-order valence-corrected chi connectivity index (χ4v) is 6.59. The molecule has 1 aliphatic rings. The summed E-state index contributed by atoms with van der Waals surface area (Å²) in [5.74, 6) is 0. The third-order valence-corrected chi connectivity index (χ3v) is 8.82. The number of hydrogen-bond donors (Lipinski definition) is 0. The second kappa shape index (κ2) is 20.6. The van der Waals surface area contributed by atoms with E-state index in [1.807, 2.05) is 19.1 Å². The summed E-state index contributed by atoms with van der Waals surface area (Å²) in [6, 6.07) is 20.8. The molecule has 1 heterocycles. The molecular formula is C32H49AlO5-. The molecule has 2 aromatic rings. The van der Waals surface area contributed by atoms with Gasteiger partial charge in [-0.3, -0.25) is 0 Å². The van der Waals surface area contributed by atoms with E-state index in [2.05, 4.69) is 48.5 Å². The van der Waals surface area contributed by atoms with E-state index < -0.39 is 15.1 Å². The normalized spacial score (nSPS) is 17.8. The summed E-state index contributed by atoms with van der Waals surface area (Å²) < 4.78 is 29.8. The maximum absolute atomic E-state index is 6.23. The van der Waals surface area contributed by atoms with E-state index in [0.29, 0.717) is 13.2 Å². The van der Waals surface area contributed by atoms with Crippen LogP contribution in [0.1, 0.15) is 95.1 Å². The van der Waals surface area contributed by atoms with Crippen molar-refractivity contribution in [3.63, 3.8) is 0 Å². The number of rotatable bonds is 22. The highest BCUT2D eigenvalue weighted by atomic mass is 27.3. The summed E-state index contributed by atoms with van der Waals surface area (Å²) in [6.45, 7) is 5.82. The SMILES string of the molecule is CC[O][Al-]1[O][C@@H](CCCCCCCCOCc2ccccc2)[C@@H](CCCCCCOCc2ccccc2)[O]1. The summed E-state index contributed by atoms with van der Waals surface area (Å²) in [4.78, 5) is 0. The zero-order valence-corrected chi connectivity index (χ0v) is 24.7. The lowest BCUT2D eigenvalue weighted by molar-refractivity contribution is 0.115. The Morgan fingerprint density at radius 1 is 0.579 bits per heavy atom. The molecule has 0 spiro atoms. The number of hydrogen-bond acceptors (Lipinski definition) is 5. The van der Waals surface area contributed by atoms with E-state index in [-0.39, 0.29) is 12.2 Å². The largest absolute Gasteiger partial charge is 0.634 e. The summed E-state index contributed by atoms with van der Waals surface area (Å²) >= 11 is -1.94. The van der Waals surface area contributed by atoms with Gasteiger partial charge in [-0.1, -0.05) is 112 Å². The molecule has 5 nitrogen and oxygen atoms in total. The Hall–Kier alpha value is -1.23. The standard InChI is InChI=1S/C30H44O4.C2H5O.Al/c31-29(21-13-3-1-2-5-15-23-33-25-27-17-9-7-10-18-27)30(32)22-14-4-6-16-24-34-26-28-19-11-8-12-20-28;1-2-3;/h7-12,17-20,29-30H,1-6,13-16,21-26H2;2H2,1H3;/q-2;-1;+2/t29-,30+;;/m0../s1. The molecule has 0 N–H and O–H groups in total. The highest BCUT2D eigenvalue weighted by Gasteiger charge is 2.31. The Morgan fingerprint density at radius 2 is 1.00 bits per heavy atom. The van der Waals surface area contributed by atoms with Crippen molar-refractivity contribution in [1.29, 1.82) is 0 Å². The van der Waals surface area contributed by atoms with E-state index in [0.717, 1.165) is 45.5 Å². The molecule has 211 valence electrons. The molecule has 1 radical (unpaired) electrons. The van der Waals surface area contributed by atoms with Crippen molar-refractivity contribution < 1.29 is 20.8 Å². The van der Waals surface area contributed by atoms with Crippen molar-refractivity contribution in [2.75, 3.05) is 19.8 Å². The summed E-state index contributed by atoms with van der Waals surface area (Å²) in [6.07, 6.45) is 14.8. The van der Waals surface area contributed by atoms with Gasteiger partial charge in [0.15, 0.2) is 0 Å². The zero-order chi connectivity index (χ0) is 26.5. The summed E-state index contributed by atoms with van der Waals surface area (Å²) in [5, 5.41) is 0. The van der Waals surface area contributed by atoms with E-state index in [4.69, 9.17) is 20.8 Å². The first-order valence-electron chi connectivity index (χ1n) is 15.0. The van der Waals surface area contributed by atoms with Crippen LogP contribution < -0.4 is 0 Å². The molecule has 0 unspecified atom stereocenters. The van der Waals surface area contributed by atoms with Crippen molar-refractivity contribution in [2.24, 2.45) is 0 Å². The predicted octanol–water partition coefficient (Wildman–Crippen LogP) is 7.91. The monoisotopic (exact) mass is 540 g/mol. The minimum absolute atomic E-state index is 0.217. The van der Waals surface area contributed by atoms with Crippen LogP contribution in [0.5, 0.6) is 0 Å². The van der Waals surface area contributed by atoms with Gasteiger partial charge in [0, 0.05) is 25.4 Å². The van der Waals surface area contributed by atoms with E-state index in [1.54, 1.807) is 0 Å². The highest BCUT2D eigenvalue weighted by Crippen LogP contribution is 2.26. The average molecular weight is 541 g/mol. The molecule has 2 aromatic carbocycles. The average Bonchev–Trinajstić information content (AvgIpc) is 3.33. The molecule has 0 aliphatic carbocycles. The van der Waals surface area contributed by atoms with Gasteiger partial charge < -0.3 is 20.8 Å². The number of benzene rings is 2. The third-order valence-electron chi connectivity index (χ3n) is 7.07. The molecule has 0 bridgehead atoms. The molecule has 3 rings (SSSR count). The van der Waals surface area contributed by atoms with Crippen LogP contribution in [-0.4, -0.2) is 47.2 Å². The minimum Gasteiger partial charge on any atom is -0.634 e. The minimum atomic E-state index is -1.94. The Balaban J connectivity index is 1.17. The van der Waals surface area contributed by atoms with Crippen LogP contribution in [0.15, 0.2) is 60.7 Å². The second-order valence-electron chi connectivity index (χ2n) is 10.3. The topological polar surface area (TPSA) is 46.2 Å². The van der Waals surface area contributed by atoms with Gasteiger partial charge >= 0.3 is 15.1 Å². The van der Waals surface area contributed by atoms with E-state index in [1.165, 1.54) is 62.5 Å². The molecule has 0 saturated carbocycles. The molecule has 6 heteroatoms. The van der Waals surface area contributed by atoms with Gasteiger partial charge in [-0.25, -0.2) is 0 Å². The lowest BCUT2D eigenvalue weighted by Gasteiger charge is -2.24. The Kier molecular flexibility index (Phi) is 17.0. The first-order chi connectivity index (χ1) is 18.8. The van der Waals surface area contributed by atoms with Gasteiger partial charge in [0.05, 0.1) is 13.2 Å². The van der Waals surface area contributed by atoms with Crippen molar-refractivity contribution in [3.8, 4) is 0 Å². The van der Waals surface area contributed by atoms with Crippen molar-refractivity contribution in [2.45, 2.75) is 109 Å². The molecule has 2 atom stereocenters. The third kappa shape index (κ3) is 13.7. The van der Waals surface area contributed by atoms with Crippen LogP contribution in [0.4, 0.5) is 0 Å². The van der Waals surface area contributed by atoms with Gasteiger partial charge in [-0.05, 0) is 50.3 Å². The fraction of sp³-hybridized carbons (Fsp3) is 0.625. The van der Waals surface area contributed by atoms with Gasteiger partial charge in [-0.2, -0.15) is 0 Å². The van der Waals surface area contributed by atoms with Crippen molar-refractivity contribution in [3.05, 3.63) is 71.8 Å². The van der Waals surface area contributed by atoms with Crippen molar-refractivity contribution in [1.82, 2.24) is 0 Å². The molecule has 38 heavy (non-hydrogen) atoms. The van der Waals surface area contributed by atoms with Crippen LogP contribution in [0.25, 0.3) is 0 Å². The highest BCUT2D eigenvalue weighted by molar-refractivity contribution is 6.37. The first-order valence-corrected chi connectivity index (χ1v) is 16.4. The molecule has 1 aliphatic heterocycles. The summed E-state index contributed by atoms with van der Waals surface area (Å²) in [5.41, 5.74) is 2.50. The molecule has 0 amide bonds. The lowest BCUT2D eigenvalue weighted by Crippen LogP contribution is -2.22. The quantitative estimate of drug-likeness (QED) is 0.112.